The Labute approximate surface area is 289 Å². The van der Waals surface area contributed by atoms with Crippen molar-refractivity contribution < 1.29 is 0 Å². The van der Waals surface area contributed by atoms with Gasteiger partial charge in [-0.3, -0.25) is 0 Å². The van der Waals surface area contributed by atoms with E-state index in [-0.39, 0.29) is 6.04 Å². The quantitative estimate of drug-likeness (QED) is 0.162. The lowest BCUT2D eigenvalue weighted by Crippen LogP contribution is -2.28. The number of para-hydroxylation sites is 1. The molecule has 0 amide bonds. The molecule has 2 aliphatic carbocycles. The van der Waals surface area contributed by atoms with Gasteiger partial charge < -0.3 is 15.6 Å². The number of benzene rings is 5. The maximum atomic E-state index is 6.53. The van der Waals surface area contributed by atoms with Crippen LogP contribution in [-0.4, -0.2) is 10.6 Å². The minimum absolute atomic E-state index is 0.0509. The van der Waals surface area contributed by atoms with Gasteiger partial charge in [0.15, 0.2) is 0 Å². The number of thiophene rings is 1. The zero-order valence-corrected chi connectivity index (χ0v) is 27.9. The minimum atomic E-state index is -0.0509. The van der Waals surface area contributed by atoms with Gasteiger partial charge in [-0.2, -0.15) is 0 Å². The molecule has 5 aromatic carbocycles. The van der Waals surface area contributed by atoms with E-state index < -0.39 is 0 Å². The van der Waals surface area contributed by atoms with Crippen LogP contribution in [0.2, 0.25) is 0 Å². The average molecular weight is 650 g/mol. The van der Waals surface area contributed by atoms with E-state index in [9.17, 15) is 0 Å². The van der Waals surface area contributed by atoms with Gasteiger partial charge in [0.2, 0.25) is 0 Å². The minimum Gasteiger partial charge on any atom is -0.398 e. The highest BCUT2D eigenvalue weighted by atomic mass is 32.1. The summed E-state index contributed by atoms with van der Waals surface area (Å²) >= 11 is 1.93. The second-order valence-electron chi connectivity index (χ2n) is 12.8. The van der Waals surface area contributed by atoms with Crippen LogP contribution in [0.15, 0.2) is 157 Å². The molecule has 4 heteroatoms. The van der Waals surface area contributed by atoms with Gasteiger partial charge in [0.25, 0.3) is 0 Å². The van der Waals surface area contributed by atoms with Gasteiger partial charge in [0, 0.05) is 43.5 Å². The van der Waals surface area contributed by atoms with Gasteiger partial charge in [-0.1, -0.05) is 97.1 Å². The third-order valence-corrected chi connectivity index (χ3v) is 11.0. The van der Waals surface area contributed by atoms with Crippen molar-refractivity contribution in [3.05, 3.63) is 183 Å². The van der Waals surface area contributed by atoms with Gasteiger partial charge in [0.05, 0.1) is 17.1 Å². The van der Waals surface area contributed by atoms with E-state index in [0.29, 0.717) is 6.54 Å². The number of hydrogen-bond donors (Lipinski definition) is 2. The van der Waals surface area contributed by atoms with Crippen LogP contribution in [0.4, 0.5) is 0 Å². The Hall–Kier alpha value is -5.64. The molecule has 0 spiro atoms. The first-order chi connectivity index (χ1) is 24.2. The SMILES string of the molecule is N/C(=C\C(NCc1ccc(-n2c3ccccc3c3cc(C4=c5sc6ccccc6c5=CCC4)ccc32)cc1)C1=C=CC=C1)c1ccccc1. The van der Waals surface area contributed by atoms with E-state index in [1.54, 1.807) is 0 Å². The van der Waals surface area contributed by atoms with Gasteiger partial charge in [-0.05, 0) is 100 Å². The Morgan fingerprint density at radius 2 is 1.61 bits per heavy atom. The lowest BCUT2D eigenvalue weighted by Gasteiger charge is -2.17. The normalized spacial score (nSPS) is 14.8. The van der Waals surface area contributed by atoms with Crippen molar-refractivity contribution in [2.75, 3.05) is 0 Å². The Bertz CT molecular complexity index is 2640. The van der Waals surface area contributed by atoms with E-state index in [0.717, 1.165) is 35.4 Å². The maximum absolute atomic E-state index is 6.53. The molecule has 9 rings (SSSR count). The summed E-state index contributed by atoms with van der Waals surface area (Å²) in [5.74, 6) is 0. The molecule has 49 heavy (non-hydrogen) atoms. The zero-order chi connectivity index (χ0) is 32.7. The lowest BCUT2D eigenvalue weighted by molar-refractivity contribution is 0.661. The smallest absolute Gasteiger partial charge is 0.0605 e. The molecule has 2 aromatic heterocycles. The van der Waals surface area contributed by atoms with E-state index in [4.69, 9.17) is 5.73 Å². The first-order valence-corrected chi connectivity index (χ1v) is 17.8. The summed E-state index contributed by atoms with van der Waals surface area (Å²) in [6, 6.07) is 43.7. The molecule has 0 fully saturated rings. The predicted molar refractivity (Wildman–Crippen MR) is 208 cm³/mol. The van der Waals surface area contributed by atoms with E-state index in [2.05, 4.69) is 125 Å². The van der Waals surface area contributed by atoms with Crippen LogP contribution in [0, 0.1) is 0 Å². The largest absolute Gasteiger partial charge is 0.398 e. The Morgan fingerprint density at radius 3 is 2.45 bits per heavy atom. The molecule has 3 nitrogen and oxygen atoms in total. The highest BCUT2D eigenvalue weighted by Crippen LogP contribution is 2.35. The summed E-state index contributed by atoms with van der Waals surface area (Å²) < 4.78 is 5.20. The molecule has 0 bridgehead atoms. The Kier molecular flexibility index (Phi) is 7.48. The molecule has 1 atom stereocenters. The van der Waals surface area contributed by atoms with Crippen molar-refractivity contribution in [2.24, 2.45) is 5.73 Å². The molecular weight excluding hydrogens is 615 g/mol. The third kappa shape index (κ3) is 5.37. The van der Waals surface area contributed by atoms with Crippen molar-refractivity contribution >= 4 is 60.6 Å². The van der Waals surface area contributed by atoms with Crippen molar-refractivity contribution in [1.82, 2.24) is 9.88 Å². The number of aromatic nitrogens is 1. The van der Waals surface area contributed by atoms with Crippen LogP contribution in [0.5, 0.6) is 0 Å². The highest BCUT2D eigenvalue weighted by molar-refractivity contribution is 7.17. The average Bonchev–Trinajstić information content (AvgIpc) is 3.90. The summed E-state index contributed by atoms with van der Waals surface area (Å²) in [7, 11) is 0. The summed E-state index contributed by atoms with van der Waals surface area (Å²) in [5.41, 5.74) is 20.3. The number of fused-ring (bicyclic) bond motifs is 6. The number of nitrogens with one attached hydrogen (secondary N) is 1. The van der Waals surface area contributed by atoms with Gasteiger partial charge in [-0.25, -0.2) is 0 Å². The third-order valence-electron chi connectivity index (χ3n) is 9.80. The topological polar surface area (TPSA) is 43.0 Å². The summed E-state index contributed by atoms with van der Waals surface area (Å²) in [5, 5.41) is 9.07. The van der Waals surface area contributed by atoms with Gasteiger partial charge in [-0.15, -0.1) is 17.1 Å². The fourth-order valence-corrected chi connectivity index (χ4v) is 8.68. The molecule has 236 valence electrons. The predicted octanol–water partition coefficient (Wildman–Crippen LogP) is 8.88. The standard InChI is InChI=1S/C45H35N3S/c46-40(31-11-2-1-3-12-31)28-41(32-13-4-5-14-32)47-29-30-21-24-34(25-22-30)48-42-19-8-6-15-36(42)39-27-33(23-26-43(39)48)35-17-10-18-38-37-16-7-9-20-44(37)49-45(35)38/h1-9,11-13,15-16,18-28,41,47H,10,17,29,46H2/b40-28-. The second-order valence-corrected chi connectivity index (χ2v) is 13.8. The molecule has 2 heterocycles. The first kappa shape index (κ1) is 29.5. The number of nitrogens with zero attached hydrogens (tertiary/aromatic N) is 1. The van der Waals surface area contributed by atoms with Crippen LogP contribution in [-0.2, 0) is 6.54 Å². The fraction of sp³-hybridized carbons (Fsp3) is 0.0889. The maximum Gasteiger partial charge on any atom is 0.0605 e. The highest BCUT2D eigenvalue weighted by Gasteiger charge is 2.17. The molecule has 1 unspecified atom stereocenters. The van der Waals surface area contributed by atoms with Crippen molar-refractivity contribution in [3.8, 4) is 5.69 Å². The monoisotopic (exact) mass is 649 g/mol. The molecule has 3 N–H and O–H groups in total. The van der Waals surface area contributed by atoms with Crippen LogP contribution in [0.3, 0.4) is 0 Å². The molecule has 2 aliphatic rings. The fourth-order valence-electron chi connectivity index (χ4n) is 7.37. The Balaban J connectivity index is 1.05. The number of nitrogens with two attached hydrogens (primary N) is 1. The van der Waals surface area contributed by atoms with Crippen molar-refractivity contribution in [1.29, 1.82) is 0 Å². The molecule has 0 saturated heterocycles. The second kappa shape index (κ2) is 12.4. The van der Waals surface area contributed by atoms with Gasteiger partial charge in [0.1, 0.15) is 0 Å². The van der Waals surface area contributed by atoms with Gasteiger partial charge >= 0.3 is 0 Å². The van der Waals surface area contributed by atoms with Crippen LogP contribution in [0.1, 0.15) is 29.5 Å². The summed E-state index contributed by atoms with van der Waals surface area (Å²) in [6.45, 7) is 0.703. The molecule has 0 saturated carbocycles. The zero-order valence-electron chi connectivity index (χ0n) is 27.1. The van der Waals surface area contributed by atoms with Crippen molar-refractivity contribution in [2.45, 2.75) is 25.4 Å². The number of rotatable bonds is 8. The Morgan fingerprint density at radius 1 is 0.837 bits per heavy atom. The van der Waals surface area contributed by atoms with Crippen molar-refractivity contribution in [3.63, 3.8) is 0 Å². The molecule has 0 radical (unpaired) electrons. The van der Waals surface area contributed by atoms with E-state index in [1.165, 1.54) is 58.3 Å². The summed E-state index contributed by atoms with van der Waals surface area (Å²) in [6.07, 6.45) is 12.7. The first-order valence-electron chi connectivity index (χ1n) is 16.9. The van der Waals surface area contributed by atoms with E-state index in [1.807, 2.05) is 53.8 Å². The lowest BCUT2D eigenvalue weighted by atomic mass is 9.95. The summed E-state index contributed by atoms with van der Waals surface area (Å²) in [4.78, 5) is 0. The van der Waals surface area contributed by atoms with E-state index >= 15 is 0 Å². The number of allylic oxidation sites excluding steroid dienone is 1. The van der Waals surface area contributed by atoms with Crippen LogP contribution < -0.4 is 20.8 Å². The number of hydrogen-bond acceptors (Lipinski definition) is 3. The molecule has 7 aromatic rings. The van der Waals surface area contributed by atoms with Crippen LogP contribution >= 0.6 is 11.3 Å². The van der Waals surface area contributed by atoms with Crippen LogP contribution in [0.25, 0.3) is 54.9 Å². The molecular formula is C45H35N3S. The molecule has 0 aliphatic heterocycles.